The van der Waals surface area contributed by atoms with Gasteiger partial charge in [-0.1, -0.05) is 28.1 Å². The first-order valence-corrected chi connectivity index (χ1v) is 9.44. The molecule has 0 unspecified atom stereocenters. The second-order valence-electron chi connectivity index (χ2n) is 5.54. The van der Waals surface area contributed by atoms with Gasteiger partial charge in [-0.3, -0.25) is 10.1 Å². The summed E-state index contributed by atoms with van der Waals surface area (Å²) in [4.78, 5) is 28.2. The van der Waals surface area contributed by atoms with Crippen LogP contribution >= 0.6 is 27.3 Å². The molecule has 0 bridgehead atoms. The van der Waals surface area contributed by atoms with Gasteiger partial charge in [-0.2, -0.15) is 0 Å². The smallest absolute Gasteiger partial charge is 0.338 e. The number of carbonyl (C=O) groups is 2. The molecule has 0 fully saturated rings. The fraction of sp³-hybridized carbons (Fsp3) is 0.0556. The molecule has 3 aromatic rings. The molecule has 4 N–H and O–H groups in total. The summed E-state index contributed by atoms with van der Waals surface area (Å²) in [6.07, 6.45) is 0. The average Bonchev–Trinajstić information content (AvgIpc) is 3.12. The lowest BCUT2D eigenvalue weighted by molar-refractivity contribution is -0.119. The van der Waals surface area contributed by atoms with Gasteiger partial charge in [0.1, 0.15) is 0 Å². The molecule has 2 aromatic carbocycles. The van der Waals surface area contributed by atoms with Crippen LogP contribution in [0.15, 0.2) is 46.3 Å². The van der Waals surface area contributed by atoms with Crippen molar-refractivity contribution in [1.29, 1.82) is 0 Å². The van der Waals surface area contributed by atoms with E-state index in [0.29, 0.717) is 10.8 Å². The summed E-state index contributed by atoms with van der Waals surface area (Å²) in [7, 11) is 0. The lowest BCUT2D eigenvalue weighted by Gasteiger charge is -2.07. The number of rotatable bonds is 5. The summed E-state index contributed by atoms with van der Waals surface area (Å²) in [5, 5.41) is 32.7. The molecule has 0 radical (unpaired) electrons. The Labute approximate surface area is 171 Å². The van der Waals surface area contributed by atoms with Gasteiger partial charge in [0, 0.05) is 15.4 Å². The molecule has 1 aromatic heterocycles. The van der Waals surface area contributed by atoms with Crippen LogP contribution in [-0.4, -0.2) is 38.8 Å². The largest absolute Gasteiger partial charge is 0.504 e. The Hall–Kier alpha value is -3.11. The topological polar surface area (TPSA) is 129 Å². The summed E-state index contributed by atoms with van der Waals surface area (Å²) in [6.45, 7) is -0.590. The zero-order valence-electron chi connectivity index (χ0n) is 14.0. The Morgan fingerprint density at radius 3 is 2.54 bits per heavy atom. The molecule has 0 atom stereocenters. The molecule has 1 heterocycles. The molecular formula is C18H13BrN2O6S. The number of aromatic hydroxyl groups is 3. The fourth-order valence-electron chi connectivity index (χ4n) is 2.20. The lowest BCUT2D eigenvalue weighted by atomic mass is 10.2. The van der Waals surface area contributed by atoms with E-state index in [1.807, 2.05) is 24.3 Å². The number of nitrogens with one attached hydrogen (secondary N) is 1. The van der Waals surface area contributed by atoms with E-state index in [-0.39, 0.29) is 5.56 Å². The maximum Gasteiger partial charge on any atom is 0.338 e. The third-order valence-corrected chi connectivity index (χ3v) is 4.76. The van der Waals surface area contributed by atoms with E-state index in [1.54, 1.807) is 5.38 Å². The van der Waals surface area contributed by atoms with Crippen molar-refractivity contribution >= 4 is 44.3 Å². The SMILES string of the molecule is O=C(COC(=O)c1cc(O)c(O)c(O)c1)Nc1nc(-c2cccc(Br)c2)cs1. The number of thiazole rings is 1. The standard InChI is InChI=1S/C18H13BrN2O6S/c19-11-3-1-2-9(4-11)12-8-28-18(20-12)21-15(24)7-27-17(26)10-5-13(22)16(25)14(23)6-10/h1-6,8,22-23,25H,7H2,(H,20,21,24). The maximum absolute atomic E-state index is 12.0. The zero-order valence-corrected chi connectivity index (χ0v) is 16.5. The maximum atomic E-state index is 12.0. The highest BCUT2D eigenvalue weighted by atomic mass is 79.9. The van der Waals surface area contributed by atoms with Crippen molar-refractivity contribution in [3.63, 3.8) is 0 Å². The van der Waals surface area contributed by atoms with Crippen LogP contribution in [0.25, 0.3) is 11.3 Å². The van der Waals surface area contributed by atoms with Crippen LogP contribution in [-0.2, 0) is 9.53 Å². The first kappa shape index (κ1) is 19.6. The van der Waals surface area contributed by atoms with Crippen molar-refractivity contribution in [3.05, 3.63) is 51.8 Å². The molecule has 0 saturated heterocycles. The molecule has 3 rings (SSSR count). The van der Waals surface area contributed by atoms with Crippen LogP contribution in [0.2, 0.25) is 0 Å². The van der Waals surface area contributed by atoms with E-state index >= 15 is 0 Å². The second kappa shape index (κ2) is 8.28. The molecule has 10 heteroatoms. The minimum Gasteiger partial charge on any atom is -0.504 e. The Kier molecular flexibility index (Phi) is 5.81. The molecule has 0 spiro atoms. The van der Waals surface area contributed by atoms with Crippen molar-refractivity contribution in [2.75, 3.05) is 11.9 Å². The Morgan fingerprint density at radius 1 is 1.14 bits per heavy atom. The van der Waals surface area contributed by atoms with Gasteiger partial charge in [0.15, 0.2) is 29.0 Å². The third-order valence-electron chi connectivity index (χ3n) is 3.51. The number of benzene rings is 2. The van der Waals surface area contributed by atoms with Crippen LogP contribution in [0.3, 0.4) is 0 Å². The van der Waals surface area contributed by atoms with Crippen LogP contribution < -0.4 is 5.32 Å². The van der Waals surface area contributed by atoms with E-state index in [1.165, 1.54) is 11.3 Å². The molecule has 144 valence electrons. The lowest BCUT2D eigenvalue weighted by Crippen LogP contribution is -2.20. The highest BCUT2D eigenvalue weighted by Crippen LogP contribution is 2.35. The van der Waals surface area contributed by atoms with Crippen molar-refractivity contribution < 1.29 is 29.6 Å². The van der Waals surface area contributed by atoms with Crippen molar-refractivity contribution in [3.8, 4) is 28.5 Å². The van der Waals surface area contributed by atoms with Gasteiger partial charge in [0.25, 0.3) is 5.91 Å². The first-order chi connectivity index (χ1) is 13.3. The fourth-order valence-corrected chi connectivity index (χ4v) is 3.34. The van der Waals surface area contributed by atoms with E-state index in [9.17, 15) is 24.9 Å². The van der Waals surface area contributed by atoms with E-state index in [0.717, 1.165) is 22.2 Å². The molecule has 0 saturated carbocycles. The number of hydrogen-bond acceptors (Lipinski definition) is 8. The number of anilines is 1. The monoisotopic (exact) mass is 464 g/mol. The zero-order chi connectivity index (χ0) is 20.3. The molecule has 28 heavy (non-hydrogen) atoms. The summed E-state index contributed by atoms with van der Waals surface area (Å²) in [5.41, 5.74) is 1.35. The number of amides is 1. The first-order valence-electron chi connectivity index (χ1n) is 7.77. The normalized spacial score (nSPS) is 10.5. The van der Waals surface area contributed by atoms with Gasteiger partial charge in [0.05, 0.1) is 11.3 Å². The second-order valence-corrected chi connectivity index (χ2v) is 7.31. The quantitative estimate of drug-likeness (QED) is 0.335. The predicted molar refractivity (Wildman–Crippen MR) is 106 cm³/mol. The summed E-state index contributed by atoms with van der Waals surface area (Å²) in [5.74, 6) is -3.66. The molecule has 1 amide bonds. The summed E-state index contributed by atoms with van der Waals surface area (Å²) < 4.78 is 5.74. The van der Waals surface area contributed by atoms with Gasteiger partial charge >= 0.3 is 5.97 Å². The predicted octanol–water partition coefficient (Wildman–Crippen LogP) is 3.48. The summed E-state index contributed by atoms with van der Waals surface area (Å²) >= 11 is 4.61. The van der Waals surface area contributed by atoms with Crippen LogP contribution in [0.5, 0.6) is 17.2 Å². The number of hydrogen-bond donors (Lipinski definition) is 4. The number of ether oxygens (including phenoxy) is 1. The minimum absolute atomic E-state index is 0.216. The van der Waals surface area contributed by atoms with Gasteiger partial charge in [0.2, 0.25) is 0 Å². The number of nitrogens with zero attached hydrogens (tertiary/aromatic N) is 1. The highest BCUT2D eigenvalue weighted by Gasteiger charge is 2.16. The minimum atomic E-state index is -0.949. The van der Waals surface area contributed by atoms with E-state index in [2.05, 4.69) is 26.2 Å². The Bertz CT molecular complexity index is 1030. The van der Waals surface area contributed by atoms with Crippen molar-refractivity contribution in [2.24, 2.45) is 0 Å². The van der Waals surface area contributed by atoms with E-state index < -0.39 is 35.7 Å². The molecule has 0 aliphatic rings. The number of phenols is 3. The third kappa shape index (κ3) is 4.59. The van der Waals surface area contributed by atoms with Crippen molar-refractivity contribution in [2.45, 2.75) is 0 Å². The molecule has 0 aliphatic carbocycles. The number of carbonyl (C=O) groups excluding carboxylic acids is 2. The Morgan fingerprint density at radius 2 is 1.86 bits per heavy atom. The van der Waals surface area contributed by atoms with Gasteiger partial charge in [-0.05, 0) is 24.3 Å². The van der Waals surface area contributed by atoms with Gasteiger partial charge < -0.3 is 20.1 Å². The Balaban J connectivity index is 1.58. The number of esters is 1. The average molecular weight is 465 g/mol. The van der Waals surface area contributed by atoms with E-state index in [4.69, 9.17) is 4.74 Å². The van der Waals surface area contributed by atoms with Crippen molar-refractivity contribution in [1.82, 2.24) is 4.98 Å². The number of phenolic OH excluding ortho intramolecular Hbond substituents is 3. The highest BCUT2D eigenvalue weighted by molar-refractivity contribution is 9.10. The van der Waals surface area contributed by atoms with Crippen LogP contribution in [0, 0.1) is 0 Å². The summed E-state index contributed by atoms with van der Waals surface area (Å²) in [6, 6.07) is 9.37. The van der Waals surface area contributed by atoms with Crippen LogP contribution in [0.1, 0.15) is 10.4 Å². The number of halogens is 1. The van der Waals surface area contributed by atoms with Crippen LogP contribution in [0.4, 0.5) is 5.13 Å². The van der Waals surface area contributed by atoms with Gasteiger partial charge in [-0.15, -0.1) is 11.3 Å². The molecular weight excluding hydrogens is 452 g/mol. The molecule has 8 nitrogen and oxygen atoms in total. The molecule has 0 aliphatic heterocycles. The van der Waals surface area contributed by atoms with Gasteiger partial charge in [-0.25, -0.2) is 9.78 Å². The number of aromatic nitrogens is 1.